The minimum atomic E-state index is -0.256. The van der Waals surface area contributed by atoms with Crippen molar-refractivity contribution in [1.29, 1.82) is 0 Å². The van der Waals surface area contributed by atoms with Crippen molar-refractivity contribution in [2.24, 2.45) is 0 Å². The Bertz CT molecular complexity index is 1050. The van der Waals surface area contributed by atoms with Crippen LogP contribution in [-0.2, 0) is 9.47 Å². The fourth-order valence-electron chi connectivity index (χ4n) is 3.43. The number of rotatable bonds is 8. The van der Waals surface area contributed by atoms with Crippen LogP contribution in [0.15, 0.2) is 30.6 Å². The zero-order valence-corrected chi connectivity index (χ0v) is 18.3. The van der Waals surface area contributed by atoms with Gasteiger partial charge in [-0.15, -0.1) is 0 Å². The molecule has 9 nitrogen and oxygen atoms in total. The molecule has 0 saturated carbocycles. The predicted molar refractivity (Wildman–Crippen MR) is 122 cm³/mol. The fourth-order valence-corrected chi connectivity index (χ4v) is 4.45. The van der Waals surface area contributed by atoms with Gasteiger partial charge in [-0.25, -0.2) is 4.98 Å². The molecule has 1 saturated heterocycles. The van der Waals surface area contributed by atoms with E-state index in [0.29, 0.717) is 48.5 Å². The van der Waals surface area contributed by atoms with Crippen molar-refractivity contribution in [2.75, 3.05) is 69.2 Å². The lowest BCUT2D eigenvalue weighted by Crippen LogP contribution is -2.36. The van der Waals surface area contributed by atoms with Crippen molar-refractivity contribution in [1.82, 2.24) is 9.97 Å². The number of fused-ring (bicyclic) bond motifs is 1. The van der Waals surface area contributed by atoms with Crippen LogP contribution in [0.3, 0.4) is 0 Å². The molecule has 31 heavy (non-hydrogen) atoms. The van der Waals surface area contributed by atoms with E-state index in [2.05, 4.69) is 25.5 Å². The van der Waals surface area contributed by atoms with Crippen LogP contribution in [-0.4, -0.2) is 69.5 Å². The second-order valence-electron chi connectivity index (χ2n) is 6.88. The molecule has 0 atom stereocenters. The lowest BCUT2D eigenvalue weighted by atomic mass is 10.2. The van der Waals surface area contributed by atoms with Gasteiger partial charge < -0.3 is 24.4 Å². The molecule has 1 fully saturated rings. The van der Waals surface area contributed by atoms with E-state index in [9.17, 15) is 4.79 Å². The zero-order chi connectivity index (χ0) is 21.6. The molecule has 10 heteroatoms. The summed E-state index contributed by atoms with van der Waals surface area (Å²) in [5.74, 6) is 0.419. The lowest BCUT2D eigenvalue weighted by molar-refractivity contribution is 0.102. The third-order valence-electron chi connectivity index (χ3n) is 4.97. The summed E-state index contributed by atoms with van der Waals surface area (Å²) in [7, 11) is 3.25. The Kier molecular flexibility index (Phi) is 6.80. The Morgan fingerprint density at radius 3 is 2.87 bits per heavy atom. The minimum absolute atomic E-state index is 0.256. The molecule has 1 aromatic carbocycles. The van der Waals surface area contributed by atoms with E-state index in [1.807, 2.05) is 12.1 Å². The number of benzene rings is 1. The van der Waals surface area contributed by atoms with Crippen molar-refractivity contribution >= 4 is 44.0 Å². The highest BCUT2D eigenvalue weighted by Crippen LogP contribution is 2.39. The summed E-state index contributed by atoms with van der Waals surface area (Å²) < 4.78 is 17.0. The summed E-state index contributed by atoms with van der Waals surface area (Å²) in [6, 6.07) is 5.63. The lowest BCUT2D eigenvalue weighted by Gasteiger charge is -2.29. The quantitative estimate of drug-likeness (QED) is 0.513. The zero-order valence-electron chi connectivity index (χ0n) is 17.5. The highest BCUT2D eigenvalue weighted by Gasteiger charge is 2.20. The second-order valence-corrected chi connectivity index (χ2v) is 7.88. The topological polar surface area (TPSA) is 97.8 Å². The molecular formula is C21H25N5O4S. The molecule has 1 aliphatic heterocycles. The van der Waals surface area contributed by atoms with Crippen LogP contribution in [0.5, 0.6) is 5.75 Å². The number of hydrogen-bond acceptors (Lipinski definition) is 9. The van der Waals surface area contributed by atoms with Gasteiger partial charge in [0.2, 0.25) is 0 Å². The summed E-state index contributed by atoms with van der Waals surface area (Å²) in [6.45, 7) is 4.11. The van der Waals surface area contributed by atoms with Gasteiger partial charge in [0.15, 0.2) is 5.13 Å². The SMILES string of the molecule is COCCNc1cnccc1C(=O)Nc1nc2c(OC)ccc(N3CCOCC3)c2s1. The molecule has 4 rings (SSSR count). The molecule has 2 N–H and O–H groups in total. The number of nitrogens with one attached hydrogen (secondary N) is 2. The first-order valence-corrected chi connectivity index (χ1v) is 10.8. The highest BCUT2D eigenvalue weighted by molar-refractivity contribution is 7.23. The van der Waals surface area contributed by atoms with E-state index >= 15 is 0 Å². The van der Waals surface area contributed by atoms with E-state index in [1.165, 1.54) is 11.3 Å². The molecule has 0 aliphatic carbocycles. The van der Waals surface area contributed by atoms with Crippen molar-refractivity contribution in [3.05, 3.63) is 36.2 Å². The highest BCUT2D eigenvalue weighted by atomic mass is 32.1. The van der Waals surface area contributed by atoms with Gasteiger partial charge in [0.1, 0.15) is 11.3 Å². The Morgan fingerprint density at radius 2 is 2.10 bits per heavy atom. The number of ether oxygens (including phenoxy) is 3. The van der Waals surface area contributed by atoms with Crippen LogP contribution < -0.4 is 20.3 Å². The Balaban J connectivity index is 1.61. The molecule has 2 aromatic heterocycles. The van der Waals surface area contributed by atoms with Crippen LogP contribution in [0, 0.1) is 0 Å². The maximum absolute atomic E-state index is 13.0. The molecule has 1 aliphatic rings. The monoisotopic (exact) mass is 443 g/mol. The molecule has 1 amide bonds. The van der Waals surface area contributed by atoms with Crippen LogP contribution in [0.25, 0.3) is 10.2 Å². The van der Waals surface area contributed by atoms with Crippen LogP contribution >= 0.6 is 11.3 Å². The minimum Gasteiger partial charge on any atom is -0.494 e. The largest absolute Gasteiger partial charge is 0.494 e. The first-order chi connectivity index (χ1) is 15.2. The average Bonchev–Trinajstić information content (AvgIpc) is 3.23. The second kappa shape index (κ2) is 9.90. The predicted octanol–water partition coefficient (Wildman–Crippen LogP) is 2.85. The number of morpholine rings is 1. The molecule has 3 heterocycles. The van der Waals surface area contributed by atoms with Crippen LogP contribution in [0.1, 0.15) is 10.4 Å². The summed E-state index contributed by atoms with van der Waals surface area (Å²) in [6.07, 6.45) is 3.22. The van der Waals surface area contributed by atoms with Crippen molar-refractivity contribution in [2.45, 2.75) is 0 Å². The van der Waals surface area contributed by atoms with Gasteiger partial charge in [-0.2, -0.15) is 0 Å². The number of thiazole rings is 1. The van der Waals surface area contributed by atoms with E-state index in [4.69, 9.17) is 14.2 Å². The molecular weight excluding hydrogens is 418 g/mol. The molecule has 0 radical (unpaired) electrons. The number of pyridine rings is 1. The van der Waals surface area contributed by atoms with Gasteiger partial charge in [-0.1, -0.05) is 11.3 Å². The van der Waals surface area contributed by atoms with E-state index in [1.54, 1.807) is 32.7 Å². The molecule has 0 bridgehead atoms. The molecule has 164 valence electrons. The van der Waals surface area contributed by atoms with Gasteiger partial charge in [-0.3, -0.25) is 15.1 Å². The Morgan fingerprint density at radius 1 is 1.26 bits per heavy atom. The number of carbonyl (C=O) groups excluding carboxylic acids is 1. The number of aromatic nitrogens is 2. The number of nitrogens with zero attached hydrogens (tertiary/aromatic N) is 3. The van der Waals surface area contributed by atoms with Crippen molar-refractivity contribution < 1.29 is 19.0 Å². The van der Waals surface area contributed by atoms with Gasteiger partial charge >= 0.3 is 0 Å². The van der Waals surface area contributed by atoms with Crippen LogP contribution in [0.4, 0.5) is 16.5 Å². The first kappa shape index (κ1) is 21.3. The number of carbonyl (C=O) groups is 1. The number of anilines is 3. The van der Waals surface area contributed by atoms with Gasteiger partial charge in [0.05, 0.1) is 54.8 Å². The van der Waals surface area contributed by atoms with E-state index in [0.717, 1.165) is 29.0 Å². The standard InChI is InChI=1S/C21H25N5O4S/c1-28-10-7-23-15-13-22-6-5-14(15)20(27)25-21-24-18-17(29-2)4-3-16(19(18)31-21)26-8-11-30-12-9-26/h3-6,13,23H,7-12H2,1-2H3,(H,24,25,27). The van der Waals surface area contributed by atoms with Crippen molar-refractivity contribution in [3.63, 3.8) is 0 Å². The Hall–Kier alpha value is -2.95. The summed E-state index contributed by atoms with van der Waals surface area (Å²) in [4.78, 5) is 24.0. The van der Waals surface area contributed by atoms with E-state index < -0.39 is 0 Å². The van der Waals surface area contributed by atoms with E-state index in [-0.39, 0.29) is 5.91 Å². The Labute approximate surface area is 184 Å². The third kappa shape index (κ3) is 4.71. The van der Waals surface area contributed by atoms with Gasteiger partial charge in [0.25, 0.3) is 5.91 Å². The molecule has 3 aromatic rings. The maximum Gasteiger partial charge on any atom is 0.259 e. The number of hydrogen-bond donors (Lipinski definition) is 2. The summed E-state index contributed by atoms with van der Waals surface area (Å²) >= 11 is 1.44. The number of methoxy groups -OCH3 is 2. The van der Waals surface area contributed by atoms with Crippen molar-refractivity contribution in [3.8, 4) is 5.75 Å². The van der Waals surface area contributed by atoms with Gasteiger partial charge in [0, 0.05) is 32.9 Å². The van der Waals surface area contributed by atoms with Gasteiger partial charge in [-0.05, 0) is 18.2 Å². The van der Waals surface area contributed by atoms with Crippen LogP contribution in [0.2, 0.25) is 0 Å². The number of amides is 1. The fraction of sp³-hybridized carbons (Fsp3) is 0.381. The average molecular weight is 444 g/mol. The third-order valence-corrected chi connectivity index (χ3v) is 5.96. The summed E-state index contributed by atoms with van der Waals surface area (Å²) in [5.41, 5.74) is 2.94. The molecule has 0 spiro atoms. The molecule has 0 unspecified atom stereocenters. The first-order valence-electron chi connectivity index (χ1n) is 9.99. The maximum atomic E-state index is 13.0. The normalized spacial score (nSPS) is 13.9. The smallest absolute Gasteiger partial charge is 0.259 e. The summed E-state index contributed by atoms with van der Waals surface area (Å²) in [5, 5.41) is 6.62.